The van der Waals surface area contributed by atoms with Gasteiger partial charge in [0.25, 0.3) is 5.91 Å². The van der Waals surface area contributed by atoms with Crippen molar-refractivity contribution in [3.8, 4) is 0 Å². The number of amides is 1. The van der Waals surface area contributed by atoms with Gasteiger partial charge >= 0.3 is 0 Å². The van der Waals surface area contributed by atoms with Crippen molar-refractivity contribution in [2.45, 2.75) is 47.0 Å². The molecule has 0 heterocycles. The lowest BCUT2D eigenvalue weighted by Gasteiger charge is -2.17. The van der Waals surface area contributed by atoms with E-state index in [0.29, 0.717) is 16.7 Å². The Morgan fingerprint density at radius 2 is 1.95 bits per heavy atom. The summed E-state index contributed by atoms with van der Waals surface area (Å²) < 4.78 is 0. The largest absolute Gasteiger partial charge is 0.399 e. The molecule has 1 amide bonds. The number of aryl methyl sites for hydroxylation is 1. The summed E-state index contributed by atoms with van der Waals surface area (Å²) in [7, 11) is 0. The maximum atomic E-state index is 12.0. The second kappa shape index (κ2) is 6.60. The number of rotatable bonds is 5. The molecule has 3 heteroatoms. The fourth-order valence-electron chi connectivity index (χ4n) is 1.96. The molecule has 0 fully saturated rings. The minimum atomic E-state index is -0.0273. The second-order valence-corrected chi connectivity index (χ2v) is 6.35. The van der Waals surface area contributed by atoms with Crippen LogP contribution in [0.4, 0.5) is 5.69 Å². The van der Waals surface area contributed by atoms with E-state index in [-0.39, 0.29) is 5.91 Å². The summed E-state index contributed by atoms with van der Waals surface area (Å²) in [6, 6.07) is 5.43. The minimum absolute atomic E-state index is 0.0273. The predicted molar refractivity (Wildman–Crippen MR) is 81.2 cm³/mol. The predicted octanol–water partition coefficient (Wildman–Crippen LogP) is 3.52. The molecule has 106 valence electrons. The molecule has 0 saturated carbocycles. The Labute approximate surface area is 116 Å². The van der Waals surface area contributed by atoms with E-state index in [0.717, 1.165) is 24.9 Å². The highest BCUT2D eigenvalue weighted by molar-refractivity contribution is 5.96. The van der Waals surface area contributed by atoms with Crippen molar-refractivity contribution in [1.82, 2.24) is 5.32 Å². The first kappa shape index (κ1) is 15.5. The number of nitrogens with one attached hydrogen (secondary N) is 1. The van der Waals surface area contributed by atoms with E-state index >= 15 is 0 Å². The van der Waals surface area contributed by atoms with Gasteiger partial charge in [-0.15, -0.1) is 0 Å². The van der Waals surface area contributed by atoms with Crippen LogP contribution in [0.5, 0.6) is 0 Å². The number of unbranched alkanes of at least 4 members (excludes halogenated alkanes) is 1. The van der Waals surface area contributed by atoms with Crippen LogP contribution in [-0.4, -0.2) is 12.5 Å². The average Bonchev–Trinajstić information content (AvgIpc) is 2.30. The van der Waals surface area contributed by atoms with Crippen molar-refractivity contribution in [2.24, 2.45) is 5.41 Å². The molecule has 0 aliphatic heterocycles. The number of nitrogens with two attached hydrogens (primary N) is 1. The van der Waals surface area contributed by atoms with E-state index in [1.54, 1.807) is 6.07 Å². The molecule has 19 heavy (non-hydrogen) atoms. The Bertz CT molecular complexity index is 433. The summed E-state index contributed by atoms with van der Waals surface area (Å²) in [5.41, 5.74) is 8.34. The third-order valence-electron chi connectivity index (χ3n) is 3.15. The van der Waals surface area contributed by atoms with Crippen molar-refractivity contribution < 1.29 is 4.79 Å². The first-order valence-corrected chi connectivity index (χ1v) is 6.94. The molecule has 0 radical (unpaired) electrons. The monoisotopic (exact) mass is 262 g/mol. The van der Waals surface area contributed by atoms with Gasteiger partial charge in [0.15, 0.2) is 0 Å². The highest BCUT2D eigenvalue weighted by Gasteiger charge is 2.10. The van der Waals surface area contributed by atoms with E-state index in [1.165, 1.54) is 6.42 Å². The van der Waals surface area contributed by atoms with Gasteiger partial charge < -0.3 is 11.1 Å². The Morgan fingerprint density at radius 3 is 2.58 bits per heavy atom. The molecule has 0 unspecified atom stereocenters. The van der Waals surface area contributed by atoms with E-state index in [4.69, 9.17) is 5.73 Å². The average molecular weight is 262 g/mol. The molecule has 1 rings (SSSR count). The number of anilines is 1. The molecule has 1 aromatic rings. The summed E-state index contributed by atoms with van der Waals surface area (Å²) in [6.07, 6.45) is 3.34. The maximum Gasteiger partial charge on any atom is 0.251 e. The molecular weight excluding hydrogens is 236 g/mol. The van der Waals surface area contributed by atoms with Crippen molar-refractivity contribution in [2.75, 3.05) is 12.3 Å². The molecule has 1 aromatic carbocycles. The Kier molecular flexibility index (Phi) is 5.40. The van der Waals surface area contributed by atoms with Crippen LogP contribution in [0, 0.1) is 12.3 Å². The fourth-order valence-corrected chi connectivity index (χ4v) is 1.96. The van der Waals surface area contributed by atoms with E-state index in [2.05, 4.69) is 26.1 Å². The van der Waals surface area contributed by atoms with Gasteiger partial charge in [-0.2, -0.15) is 0 Å². The highest BCUT2D eigenvalue weighted by Crippen LogP contribution is 2.21. The van der Waals surface area contributed by atoms with Gasteiger partial charge in [-0.3, -0.25) is 4.79 Å². The van der Waals surface area contributed by atoms with Gasteiger partial charge in [0, 0.05) is 17.8 Å². The highest BCUT2D eigenvalue weighted by atomic mass is 16.1. The molecule has 3 nitrogen and oxygen atoms in total. The molecule has 0 saturated heterocycles. The Balaban J connectivity index is 2.38. The van der Waals surface area contributed by atoms with Gasteiger partial charge in [0.2, 0.25) is 0 Å². The van der Waals surface area contributed by atoms with E-state index in [1.807, 2.05) is 19.1 Å². The lowest BCUT2D eigenvalue weighted by atomic mass is 9.90. The lowest BCUT2D eigenvalue weighted by Crippen LogP contribution is -2.25. The number of nitrogen functional groups attached to an aromatic ring is 1. The van der Waals surface area contributed by atoms with Crippen LogP contribution < -0.4 is 11.1 Å². The van der Waals surface area contributed by atoms with Gasteiger partial charge in [-0.1, -0.05) is 33.3 Å². The molecule has 0 aliphatic carbocycles. The number of carbonyl (C=O) groups is 1. The molecule has 3 N–H and O–H groups in total. The zero-order valence-electron chi connectivity index (χ0n) is 12.5. The standard InChI is InChI=1S/C16H26N2O/c1-12-7-8-13(17)11-14(12)15(19)18-10-6-5-9-16(2,3)4/h7-8,11H,5-6,9-10,17H2,1-4H3,(H,18,19). The van der Waals surface area contributed by atoms with Crippen molar-refractivity contribution >= 4 is 11.6 Å². The van der Waals surface area contributed by atoms with Crippen LogP contribution in [0.3, 0.4) is 0 Å². The Hall–Kier alpha value is -1.51. The van der Waals surface area contributed by atoms with Crippen LogP contribution in [0.25, 0.3) is 0 Å². The van der Waals surface area contributed by atoms with Crippen LogP contribution in [-0.2, 0) is 0 Å². The molecule has 0 aliphatic rings. The number of carbonyl (C=O) groups excluding carboxylic acids is 1. The maximum absolute atomic E-state index is 12.0. The number of benzene rings is 1. The third kappa shape index (κ3) is 5.77. The van der Waals surface area contributed by atoms with Crippen molar-refractivity contribution in [3.05, 3.63) is 29.3 Å². The summed E-state index contributed by atoms with van der Waals surface area (Å²) in [6.45, 7) is 9.36. The molecule has 0 aromatic heterocycles. The quantitative estimate of drug-likeness (QED) is 0.630. The fraction of sp³-hybridized carbons (Fsp3) is 0.562. The lowest BCUT2D eigenvalue weighted by molar-refractivity contribution is 0.0952. The summed E-state index contributed by atoms with van der Waals surface area (Å²) in [5.74, 6) is -0.0273. The zero-order chi connectivity index (χ0) is 14.5. The third-order valence-corrected chi connectivity index (χ3v) is 3.15. The van der Waals surface area contributed by atoms with E-state index < -0.39 is 0 Å². The normalized spacial score (nSPS) is 11.4. The second-order valence-electron chi connectivity index (χ2n) is 6.35. The summed E-state index contributed by atoms with van der Waals surface area (Å²) in [4.78, 5) is 12.0. The van der Waals surface area contributed by atoms with Gasteiger partial charge in [-0.25, -0.2) is 0 Å². The summed E-state index contributed by atoms with van der Waals surface area (Å²) >= 11 is 0. The first-order valence-electron chi connectivity index (χ1n) is 6.94. The van der Waals surface area contributed by atoms with Crippen LogP contribution in [0.15, 0.2) is 18.2 Å². The van der Waals surface area contributed by atoms with Crippen LogP contribution in [0.1, 0.15) is 56.0 Å². The topological polar surface area (TPSA) is 55.1 Å². The van der Waals surface area contributed by atoms with Gasteiger partial charge in [0.1, 0.15) is 0 Å². The van der Waals surface area contributed by atoms with Crippen LogP contribution >= 0.6 is 0 Å². The number of hydrogen-bond acceptors (Lipinski definition) is 2. The molecule has 0 spiro atoms. The van der Waals surface area contributed by atoms with Crippen molar-refractivity contribution in [1.29, 1.82) is 0 Å². The molecule has 0 atom stereocenters. The van der Waals surface area contributed by atoms with Crippen molar-refractivity contribution in [3.63, 3.8) is 0 Å². The Morgan fingerprint density at radius 1 is 1.26 bits per heavy atom. The molecular formula is C16H26N2O. The van der Waals surface area contributed by atoms with Gasteiger partial charge in [0.05, 0.1) is 0 Å². The van der Waals surface area contributed by atoms with E-state index in [9.17, 15) is 4.79 Å². The molecule has 0 bridgehead atoms. The van der Waals surface area contributed by atoms with Gasteiger partial charge in [-0.05, 0) is 42.9 Å². The van der Waals surface area contributed by atoms with Crippen LogP contribution in [0.2, 0.25) is 0 Å². The smallest absolute Gasteiger partial charge is 0.251 e. The zero-order valence-corrected chi connectivity index (χ0v) is 12.5. The first-order chi connectivity index (χ1) is 8.79. The summed E-state index contributed by atoms with van der Waals surface area (Å²) in [5, 5.41) is 2.96. The SMILES string of the molecule is Cc1ccc(N)cc1C(=O)NCCCCC(C)(C)C. The number of hydrogen-bond donors (Lipinski definition) is 2. The minimum Gasteiger partial charge on any atom is -0.399 e.